The van der Waals surface area contributed by atoms with Crippen molar-refractivity contribution in [3.8, 4) is 5.75 Å². The number of aromatic nitrogens is 1. The zero-order chi connectivity index (χ0) is 13.1. The number of nitrogens with zero attached hydrogens (tertiary/aromatic N) is 2. The topological polar surface area (TPSA) is 53.4 Å². The van der Waals surface area contributed by atoms with Gasteiger partial charge in [0.05, 0.1) is 5.56 Å². The zero-order valence-corrected chi connectivity index (χ0v) is 10.3. The lowest BCUT2D eigenvalue weighted by molar-refractivity contribution is 0.0990. The summed E-state index contributed by atoms with van der Waals surface area (Å²) in [6, 6.07) is 8.45. The van der Waals surface area contributed by atoms with Crippen molar-refractivity contribution in [3.63, 3.8) is 0 Å². The fourth-order valence-corrected chi connectivity index (χ4v) is 1.69. The largest absolute Gasteiger partial charge is 0.507 e. The molecule has 0 aliphatic heterocycles. The molecular weight excluding hydrogens is 228 g/mol. The van der Waals surface area contributed by atoms with E-state index in [1.54, 1.807) is 43.7 Å². The second-order valence-corrected chi connectivity index (χ2v) is 4.09. The van der Waals surface area contributed by atoms with E-state index in [1.807, 2.05) is 6.92 Å². The van der Waals surface area contributed by atoms with Gasteiger partial charge in [-0.05, 0) is 31.2 Å². The van der Waals surface area contributed by atoms with E-state index < -0.39 is 0 Å². The minimum Gasteiger partial charge on any atom is -0.507 e. The third-order valence-corrected chi connectivity index (χ3v) is 2.74. The van der Waals surface area contributed by atoms with Crippen molar-refractivity contribution >= 4 is 11.6 Å². The van der Waals surface area contributed by atoms with Gasteiger partial charge in [0, 0.05) is 25.1 Å². The summed E-state index contributed by atoms with van der Waals surface area (Å²) in [7, 11) is 1.67. The van der Waals surface area contributed by atoms with Crippen LogP contribution in [0.3, 0.4) is 0 Å². The van der Waals surface area contributed by atoms with Gasteiger partial charge in [0.2, 0.25) is 0 Å². The Bertz CT molecular complexity index is 567. The first-order valence-corrected chi connectivity index (χ1v) is 5.57. The molecule has 1 aromatic carbocycles. The smallest absolute Gasteiger partial charge is 0.261 e. The standard InChI is InChI=1S/C14H14N2O2/c1-10-3-4-13(17)12(9-10)14(18)16(2)11-5-7-15-8-6-11/h3-9,17H,1-2H3. The molecule has 2 aromatic rings. The Balaban J connectivity index is 2.34. The first kappa shape index (κ1) is 12.1. The number of hydrogen-bond acceptors (Lipinski definition) is 3. The number of pyridine rings is 1. The average Bonchev–Trinajstić information content (AvgIpc) is 2.41. The maximum Gasteiger partial charge on any atom is 0.261 e. The lowest BCUT2D eigenvalue weighted by atomic mass is 10.1. The molecular formula is C14H14N2O2. The summed E-state index contributed by atoms with van der Waals surface area (Å²) in [4.78, 5) is 17.7. The van der Waals surface area contributed by atoms with Crippen molar-refractivity contribution in [2.75, 3.05) is 11.9 Å². The Morgan fingerprint density at radius 1 is 1.22 bits per heavy atom. The van der Waals surface area contributed by atoms with E-state index in [-0.39, 0.29) is 11.7 Å². The van der Waals surface area contributed by atoms with Gasteiger partial charge in [0.15, 0.2) is 0 Å². The molecule has 4 heteroatoms. The molecule has 4 nitrogen and oxygen atoms in total. The maximum absolute atomic E-state index is 12.3. The van der Waals surface area contributed by atoms with Crippen molar-refractivity contribution in [2.45, 2.75) is 6.92 Å². The molecule has 1 heterocycles. The number of rotatable bonds is 2. The molecule has 1 aromatic heterocycles. The highest BCUT2D eigenvalue weighted by Crippen LogP contribution is 2.22. The molecule has 0 saturated heterocycles. The van der Waals surface area contributed by atoms with Gasteiger partial charge >= 0.3 is 0 Å². The molecule has 0 radical (unpaired) electrons. The van der Waals surface area contributed by atoms with Gasteiger partial charge in [0.1, 0.15) is 5.75 Å². The summed E-state index contributed by atoms with van der Waals surface area (Å²) in [6.07, 6.45) is 3.24. The molecule has 1 amide bonds. The normalized spacial score (nSPS) is 10.1. The van der Waals surface area contributed by atoms with Crippen LogP contribution in [-0.4, -0.2) is 23.0 Å². The predicted molar refractivity (Wildman–Crippen MR) is 69.8 cm³/mol. The fraction of sp³-hybridized carbons (Fsp3) is 0.143. The molecule has 0 aliphatic carbocycles. The van der Waals surface area contributed by atoms with E-state index in [0.29, 0.717) is 5.56 Å². The summed E-state index contributed by atoms with van der Waals surface area (Å²) in [5.74, 6) is -0.256. The highest BCUT2D eigenvalue weighted by Gasteiger charge is 2.17. The number of phenols is 1. The van der Waals surface area contributed by atoms with E-state index in [2.05, 4.69) is 4.98 Å². The van der Waals surface area contributed by atoms with Gasteiger partial charge in [-0.1, -0.05) is 11.6 Å². The van der Waals surface area contributed by atoms with Crippen LogP contribution in [0, 0.1) is 6.92 Å². The number of aromatic hydroxyl groups is 1. The van der Waals surface area contributed by atoms with Gasteiger partial charge in [-0.15, -0.1) is 0 Å². The minimum atomic E-state index is -0.248. The molecule has 0 unspecified atom stereocenters. The minimum absolute atomic E-state index is 0.00786. The third kappa shape index (κ3) is 2.32. The molecule has 0 bridgehead atoms. The summed E-state index contributed by atoms with van der Waals surface area (Å²) in [5.41, 5.74) is 1.96. The van der Waals surface area contributed by atoms with Crippen LogP contribution in [0.25, 0.3) is 0 Å². The van der Waals surface area contributed by atoms with Crippen molar-refractivity contribution in [3.05, 3.63) is 53.9 Å². The Morgan fingerprint density at radius 2 is 1.89 bits per heavy atom. The molecule has 92 valence electrons. The number of amides is 1. The Hall–Kier alpha value is -2.36. The number of hydrogen-bond donors (Lipinski definition) is 1. The van der Waals surface area contributed by atoms with E-state index in [1.165, 1.54) is 11.0 Å². The van der Waals surface area contributed by atoms with Gasteiger partial charge < -0.3 is 10.0 Å². The van der Waals surface area contributed by atoms with Gasteiger partial charge in [-0.3, -0.25) is 9.78 Å². The molecule has 0 fully saturated rings. The zero-order valence-electron chi connectivity index (χ0n) is 10.3. The van der Waals surface area contributed by atoms with Gasteiger partial charge in [0.25, 0.3) is 5.91 Å². The SMILES string of the molecule is Cc1ccc(O)c(C(=O)N(C)c2ccncc2)c1. The molecule has 0 atom stereocenters. The van der Waals surface area contributed by atoms with Crippen LogP contribution in [0.4, 0.5) is 5.69 Å². The second kappa shape index (κ2) is 4.87. The van der Waals surface area contributed by atoms with E-state index in [9.17, 15) is 9.90 Å². The van der Waals surface area contributed by atoms with Crippen LogP contribution in [0.5, 0.6) is 5.75 Å². The second-order valence-electron chi connectivity index (χ2n) is 4.09. The number of carbonyl (C=O) groups excluding carboxylic acids is 1. The van der Waals surface area contributed by atoms with E-state index in [0.717, 1.165) is 11.3 Å². The number of aryl methyl sites for hydroxylation is 1. The van der Waals surface area contributed by atoms with Crippen molar-refractivity contribution in [1.82, 2.24) is 4.98 Å². The van der Waals surface area contributed by atoms with Crippen molar-refractivity contribution < 1.29 is 9.90 Å². The molecule has 1 N–H and O–H groups in total. The summed E-state index contributed by atoms with van der Waals surface area (Å²) in [5, 5.41) is 9.74. The summed E-state index contributed by atoms with van der Waals surface area (Å²) >= 11 is 0. The van der Waals surface area contributed by atoms with Crippen LogP contribution in [0.15, 0.2) is 42.7 Å². The van der Waals surface area contributed by atoms with E-state index >= 15 is 0 Å². The Labute approximate surface area is 106 Å². The highest BCUT2D eigenvalue weighted by molar-refractivity contribution is 6.07. The highest BCUT2D eigenvalue weighted by atomic mass is 16.3. The van der Waals surface area contributed by atoms with E-state index in [4.69, 9.17) is 0 Å². The predicted octanol–water partition coefficient (Wildman–Crippen LogP) is 2.37. The van der Waals surface area contributed by atoms with Crippen LogP contribution in [0.2, 0.25) is 0 Å². The first-order valence-electron chi connectivity index (χ1n) is 5.57. The number of benzene rings is 1. The Morgan fingerprint density at radius 3 is 2.56 bits per heavy atom. The molecule has 0 spiro atoms. The van der Waals surface area contributed by atoms with Crippen LogP contribution >= 0.6 is 0 Å². The summed E-state index contributed by atoms with van der Waals surface area (Å²) < 4.78 is 0. The summed E-state index contributed by atoms with van der Waals surface area (Å²) in [6.45, 7) is 1.88. The first-order chi connectivity index (χ1) is 8.59. The number of anilines is 1. The monoisotopic (exact) mass is 242 g/mol. The van der Waals surface area contributed by atoms with Crippen LogP contribution in [0.1, 0.15) is 15.9 Å². The van der Waals surface area contributed by atoms with Gasteiger partial charge in [-0.25, -0.2) is 0 Å². The van der Waals surface area contributed by atoms with Crippen LogP contribution < -0.4 is 4.90 Å². The molecule has 2 rings (SSSR count). The number of phenolic OH excluding ortho intramolecular Hbond substituents is 1. The quantitative estimate of drug-likeness (QED) is 0.879. The van der Waals surface area contributed by atoms with Crippen LogP contribution in [-0.2, 0) is 0 Å². The lowest BCUT2D eigenvalue weighted by Crippen LogP contribution is -2.26. The molecule has 18 heavy (non-hydrogen) atoms. The lowest BCUT2D eigenvalue weighted by Gasteiger charge is -2.17. The Kier molecular flexibility index (Phi) is 3.28. The maximum atomic E-state index is 12.3. The molecule has 0 saturated carbocycles. The van der Waals surface area contributed by atoms with Gasteiger partial charge in [-0.2, -0.15) is 0 Å². The third-order valence-electron chi connectivity index (χ3n) is 2.74. The van der Waals surface area contributed by atoms with Crippen molar-refractivity contribution in [1.29, 1.82) is 0 Å². The van der Waals surface area contributed by atoms with Crippen molar-refractivity contribution in [2.24, 2.45) is 0 Å². The number of carbonyl (C=O) groups is 1. The fourth-order valence-electron chi connectivity index (χ4n) is 1.69. The average molecular weight is 242 g/mol. The molecule has 0 aliphatic rings.